The van der Waals surface area contributed by atoms with Gasteiger partial charge in [0.1, 0.15) is 0 Å². The smallest absolute Gasteiger partial charge is 0.227 e. The molecule has 2 N–H and O–H groups in total. The number of anilines is 1. The van der Waals surface area contributed by atoms with Crippen LogP contribution in [0.1, 0.15) is 38.2 Å². The summed E-state index contributed by atoms with van der Waals surface area (Å²) in [6.07, 6.45) is 5.66. The van der Waals surface area contributed by atoms with Gasteiger partial charge in [0.25, 0.3) is 0 Å². The number of likely N-dealkylation sites (tertiary alicyclic amines) is 1. The van der Waals surface area contributed by atoms with Crippen LogP contribution < -0.4 is 10.6 Å². The lowest BCUT2D eigenvalue weighted by Crippen LogP contribution is -2.40. The van der Waals surface area contributed by atoms with Gasteiger partial charge in [-0.2, -0.15) is 0 Å². The predicted molar refractivity (Wildman–Crippen MR) is 94.6 cm³/mol. The third-order valence-corrected chi connectivity index (χ3v) is 5.13. The van der Waals surface area contributed by atoms with Gasteiger partial charge in [0, 0.05) is 24.2 Å². The Hall–Kier alpha value is -1.39. The molecule has 4 heteroatoms. The number of rotatable bonds is 5. The summed E-state index contributed by atoms with van der Waals surface area (Å²) in [4.78, 5) is 14.9. The molecule has 4 nitrogen and oxygen atoms in total. The Bertz CT molecular complexity index is 508. The topological polar surface area (TPSA) is 44.4 Å². The van der Waals surface area contributed by atoms with Gasteiger partial charge in [0.05, 0.1) is 0 Å². The maximum Gasteiger partial charge on any atom is 0.227 e. The molecule has 0 aromatic heterocycles. The van der Waals surface area contributed by atoms with Gasteiger partial charge in [-0.25, -0.2) is 0 Å². The molecule has 1 aromatic rings. The fourth-order valence-electron chi connectivity index (χ4n) is 3.66. The molecule has 0 aliphatic carbocycles. The molecule has 0 spiro atoms. The lowest BCUT2D eigenvalue weighted by Gasteiger charge is -2.27. The fourth-order valence-corrected chi connectivity index (χ4v) is 3.66. The van der Waals surface area contributed by atoms with Gasteiger partial charge >= 0.3 is 0 Å². The summed E-state index contributed by atoms with van der Waals surface area (Å²) in [5.74, 6) is 0.309. The van der Waals surface area contributed by atoms with Crippen LogP contribution in [0.2, 0.25) is 0 Å². The number of piperidine rings is 1. The molecule has 0 saturated carbocycles. The van der Waals surface area contributed by atoms with Crippen molar-refractivity contribution in [3.8, 4) is 0 Å². The zero-order chi connectivity index (χ0) is 16.1. The van der Waals surface area contributed by atoms with Crippen LogP contribution in [0.3, 0.4) is 0 Å². The van der Waals surface area contributed by atoms with Crippen LogP contribution in [-0.4, -0.2) is 43.0 Å². The van der Waals surface area contributed by atoms with Crippen LogP contribution in [0.25, 0.3) is 0 Å². The zero-order valence-corrected chi connectivity index (χ0v) is 14.2. The standard InChI is InChI=1S/C19H29N3O/c1-15-14-17(8-10-20-15)19(23)21-18-6-4-16(5-7-18)9-13-22-11-2-3-12-22/h4-7,15,17,20H,2-3,8-14H2,1H3,(H,21,23)/t15-,17-/m0/s1. The van der Waals surface area contributed by atoms with Gasteiger partial charge < -0.3 is 15.5 Å². The molecule has 1 aromatic carbocycles. The monoisotopic (exact) mass is 315 g/mol. The first-order valence-electron chi connectivity index (χ1n) is 9.06. The van der Waals surface area contributed by atoms with Gasteiger partial charge in [0.2, 0.25) is 5.91 Å². The molecule has 0 unspecified atom stereocenters. The second-order valence-electron chi connectivity index (χ2n) is 7.06. The third kappa shape index (κ3) is 4.79. The van der Waals surface area contributed by atoms with Crippen LogP contribution in [-0.2, 0) is 11.2 Å². The third-order valence-electron chi connectivity index (χ3n) is 5.13. The average Bonchev–Trinajstić information content (AvgIpc) is 3.08. The fraction of sp³-hybridized carbons (Fsp3) is 0.632. The van der Waals surface area contributed by atoms with Crippen molar-refractivity contribution in [1.29, 1.82) is 0 Å². The van der Waals surface area contributed by atoms with Crippen molar-refractivity contribution in [2.45, 2.75) is 45.1 Å². The Morgan fingerprint density at radius 1 is 1.26 bits per heavy atom. The van der Waals surface area contributed by atoms with E-state index < -0.39 is 0 Å². The highest BCUT2D eigenvalue weighted by atomic mass is 16.1. The SMILES string of the molecule is C[C@H]1C[C@@H](C(=O)Nc2ccc(CCN3CCCC3)cc2)CCN1. The van der Waals surface area contributed by atoms with Crippen LogP contribution in [0.4, 0.5) is 5.69 Å². The number of carbonyl (C=O) groups is 1. The number of benzene rings is 1. The number of nitrogens with zero attached hydrogens (tertiary/aromatic N) is 1. The average molecular weight is 315 g/mol. The first-order valence-corrected chi connectivity index (χ1v) is 9.06. The molecular weight excluding hydrogens is 286 g/mol. The van der Waals surface area contributed by atoms with Crippen LogP contribution in [0.15, 0.2) is 24.3 Å². The Kier molecular flexibility index (Phi) is 5.68. The van der Waals surface area contributed by atoms with E-state index >= 15 is 0 Å². The number of carbonyl (C=O) groups excluding carboxylic acids is 1. The van der Waals surface area contributed by atoms with Crippen molar-refractivity contribution in [1.82, 2.24) is 10.2 Å². The second kappa shape index (κ2) is 7.93. The van der Waals surface area contributed by atoms with E-state index in [0.29, 0.717) is 6.04 Å². The van der Waals surface area contributed by atoms with E-state index in [9.17, 15) is 4.79 Å². The normalized spacial score (nSPS) is 25.4. The van der Waals surface area contributed by atoms with Crippen LogP contribution >= 0.6 is 0 Å². The Morgan fingerprint density at radius 3 is 2.70 bits per heavy atom. The molecule has 0 bridgehead atoms. The summed E-state index contributed by atoms with van der Waals surface area (Å²) in [6, 6.07) is 8.82. The summed E-state index contributed by atoms with van der Waals surface area (Å²) in [7, 11) is 0. The van der Waals surface area contributed by atoms with Gasteiger partial charge in [-0.3, -0.25) is 4.79 Å². The number of hydrogen-bond donors (Lipinski definition) is 2. The van der Waals surface area contributed by atoms with E-state index in [0.717, 1.165) is 38.0 Å². The number of hydrogen-bond acceptors (Lipinski definition) is 3. The molecule has 126 valence electrons. The molecule has 2 aliphatic rings. The Labute approximate surface area is 139 Å². The summed E-state index contributed by atoms with van der Waals surface area (Å²) in [5.41, 5.74) is 2.27. The van der Waals surface area contributed by atoms with Gasteiger partial charge in [-0.05, 0) is 76.4 Å². The minimum atomic E-state index is 0.140. The predicted octanol–water partition coefficient (Wildman–Crippen LogP) is 2.65. The molecule has 23 heavy (non-hydrogen) atoms. The maximum atomic E-state index is 12.4. The highest BCUT2D eigenvalue weighted by Crippen LogP contribution is 2.19. The van der Waals surface area contributed by atoms with Crippen molar-refractivity contribution in [3.05, 3.63) is 29.8 Å². The van der Waals surface area contributed by atoms with Crippen molar-refractivity contribution < 1.29 is 4.79 Å². The molecular formula is C19H29N3O. The lowest BCUT2D eigenvalue weighted by molar-refractivity contribution is -0.120. The first kappa shape index (κ1) is 16.5. The quantitative estimate of drug-likeness (QED) is 0.878. The summed E-state index contributed by atoms with van der Waals surface area (Å²) in [5, 5.41) is 6.47. The zero-order valence-electron chi connectivity index (χ0n) is 14.2. The second-order valence-corrected chi connectivity index (χ2v) is 7.06. The highest BCUT2D eigenvalue weighted by Gasteiger charge is 2.24. The summed E-state index contributed by atoms with van der Waals surface area (Å²) >= 11 is 0. The number of amides is 1. The van der Waals surface area contributed by atoms with E-state index in [2.05, 4.69) is 34.6 Å². The van der Waals surface area contributed by atoms with E-state index in [4.69, 9.17) is 0 Å². The van der Waals surface area contributed by atoms with E-state index in [1.165, 1.54) is 31.5 Å². The van der Waals surface area contributed by atoms with Crippen LogP contribution in [0, 0.1) is 5.92 Å². The minimum Gasteiger partial charge on any atom is -0.326 e. The number of nitrogens with one attached hydrogen (secondary N) is 2. The first-order chi connectivity index (χ1) is 11.2. The van der Waals surface area contributed by atoms with E-state index in [1.807, 2.05) is 12.1 Å². The molecule has 1 amide bonds. The maximum absolute atomic E-state index is 12.4. The molecule has 0 radical (unpaired) electrons. The van der Waals surface area contributed by atoms with Crippen molar-refractivity contribution in [2.24, 2.45) is 5.92 Å². The van der Waals surface area contributed by atoms with Gasteiger partial charge in [0.15, 0.2) is 0 Å². The van der Waals surface area contributed by atoms with Gasteiger partial charge in [-0.15, -0.1) is 0 Å². The lowest BCUT2D eigenvalue weighted by atomic mass is 9.92. The molecule has 2 aliphatic heterocycles. The molecule has 3 rings (SSSR count). The molecule has 2 heterocycles. The van der Waals surface area contributed by atoms with Gasteiger partial charge in [-0.1, -0.05) is 12.1 Å². The largest absolute Gasteiger partial charge is 0.326 e. The van der Waals surface area contributed by atoms with Crippen molar-refractivity contribution in [2.75, 3.05) is 31.5 Å². The summed E-state index contributed by atoms with van der Waals surface area (Å²) < 4.78 is 0. The van der Waals surface area contributed by atoms with Crippen molar-refractivity contribution in [3.63, 3.8) is 0 Å². The van der Waals surface area contributed by atoms with E-state index in [-0.39, 0.29) is 11.8 Å². The Morgan fingerprint density at radius 2 is 2.00 bits per heavy atom. The van der Waals surface area contributed by atoms with Crippen molar-refractivity contribution >= 4 is 11.6 Å². The van der Waals surface area contributed by atoms with E-state index in [1.54, 1.807) is 0 Å². The Balaban J connectivity index is 1.47. The highest BCUT2D eigenvalue weighted by molar-refractivity contribution is 5.92. The van der Waals surface area contributed by atoms with Crippen LogP contribution in [0.5, 0.6) is 0 Å². The molecule has 2 fully saturated rings. The molecule has 2 saturated heterocycles. The molecule has 2 atom stereocenters. The summed E-state index contributed by atoms with van der Waals surface area (Å²) in [6.45, 7) is 6.74. The minimum absolute atomic E-state index is 0.140.